The molecule has 0 aromatic heterocycles. The van der Waals surface area contributed by atoms with Crippen molar-refractivity contribution >= 4 is 33.9 Å². The van der Waals surface area contributed by atoms with Crippen LogP contribution in [0.1, 0.15) is 27.0 Å². The molecule has 0 atom stereocenters. The van der Waals surface area contributed by atoms with Crippen LogP contribution in [0.25, 0.3) is 6.08 Å². The summed E-state index contributed by atoms with van der Waals surface area (Å²) < 4.78 is 17.2. The summed E-state index contributed by atoms with van der Waals surface area (Å²) in [6.07, 6.45) is 1.45. The molecule has 9 heteroatoms. The molecular weight excluding hydrogens is 528 g/mol. The number of hydrogen-bond donors (Lipinski definition) is 2. The lowest BCUT2D eigenvalue weighted by molar-refractivity contribution is -0.117. The van der Waals surface area contributed by atoms with Gasteiger partial charge in [-0.05, 0) is 54.1 Å². The Balaban J connectivity index is 1.75. The summed E-state index contributed by atoms with van der Waals surface area (Å²) in [5.74, 6) is 0.0785. The zero-order valence-corrected chi connectivity index (χ0v) is 21.2. The monoisotopic (exact) mass is 550 g/mol. The van der Waals surface area contributed by atoms with Crippen LogP contribution in [0.5, 0.6) is 17.2 Å². The van der Waals surface area contributed by atoms with Crippen LogP contribution in [0.4, 0.5) is 0 Å². The van der Waals surface area contributed by atoms with E-state index in [-0.39, 0.29) is 24.3 Å². The molecule has 8 nitrogen and oxygen atoms in total. The first-order valence-corrected chi connectivity index (χ1v) is 11.5. The molecule has 1 amide bonds. The maximum absolute atomic E-state index is 12.8. The van der Waals surface area contributed by atoms with Crippen LogP contribution in [0.2, 0.25) is 0 Å². The van der Waals surface area contributed by atoms with E-state index in [0.717, 1.165) is 15.6 Å². The summed E-state index contributed by atoms with van der Waals surface area (Å²) in [7, 11) is 3.07. The van der Waals surface area contributed by atoms with Gasteiger partial charge in [0.15, 0.2) is 0 Å². The van der Waals surface area contributed by atoms with Gasteiger partial charge in [-0.1, -0.05) is 28.1 Å². The van der Waals surface area contributed by atoms with Gasteiger partial charge in [0.2, 0.25) is 0 Å². The number of nitrogens with one attached hydrogen (secondary N) is 1. The quantitative estimate of drug-likeness (QED) is 0.270. The fraction of sp³-hybridized carbons (Fsp3) is 0.148. The van der Waals surface area contributed by atoms with E-state index in [4.69, 9.17) is 19.3 Å². The van der Waals surface area contributed by atoms with Gasteiger partial charge in [0, 0.05) is 28.2 Å². The number of ether oxygens (including phenoxy) is 3. The average molecular weight is 551 g/mol. The average Bonchev–Trinajstić information content (AvgIpc) is 2.89. The Hall–Kier alpha value is -4.29. The van der Waals surface area contributed by atoms with Crippen molar-refractivity contribution in [2.45, 2.75) is 13.2 Å². The topological polar surface area (TPSA) is 118 Å². The Morgan fingerprint density at radius 2 is 1.78 bits per heavy atom. The Kier molecular flexibility index (Phi) is 9.08. The van der Waals surface area contributed by atoms with Gasteiger partial charge in [0.1, 0.15) is 35.5 Å². The molecule has 0 saturated heterocycles. The number of carboxylic acid groups (broad SMARTS) is 1. The molecule has 36 heavy (non-hydrogen) atoms. The molecule has 3 rings (SSSR count). The van der Waals surface area contributed by atoms with Crippen molar-refractivity contribution in [3.63, 3.8) is 0 Å². The third-order valence-corrected chi connectivity index (χ3v) is 5.66. The van der Waals surface area contributed by atoms with Crippen molar-refractivity contribution in [2.75, 3.05) is 14.2 Å². The lowest BCUT2D eigenvalue weighted by Gasteiger charge is -2.12. The molecule has 0 aliphatic carbocycles. The normalized spacial score (nSPS) is 10.8. The third-order valence-electron chi connectivity index (χ3n) is 5.17. The largest absolute Gasteiger partial charge is 0.497 e. The smallest absolute Gasteiger partial charge is 0.335 e. The van der Waals surface area contributed by atoms with Gasteiger partial charge in [-0.25, -0.2) is 4.79 Å². The molecule has 3 aromatic carbocycles. The van der Waals surface area contributed by atoms with Gasteiger partial charge < -0.3 is 24.6 Å². The number of halogens is 1. The Labute approximate surface area is 216 Å². The molecule has 0 radical (unpaired) electrons. The summed E-state index contributed by atoms with van der Waals surface area (Å²) in [6.45, 7) is 0.326. The highest BCUT2D eigenvalue weighted by Crippen LogP contribution is 2.27. The van der Waals surface area contributed by atoms with E-state index >= 15 is 0 Å². The summed E-state index contributed by atoms with van der Waals surface area (Å²) in [6, 6.07) is 18.7. The van der Waals surface area contributed by atoms with Gasteiger partial charge in [0.05, 0.1) is 19.8 Å². The van der Waals surface area contributed by atoms with Crippen LogP contribution in [-0.2, 0) is 17.9 Å². The number of methoxy groups -OCH3 is 2. The number of hydrogen-bond acceptors (Lipinski definition) is 6. The maximum atomic E-state index is 12.8. The molecule has 0 unspecified atom stereocenters. The van der Waals surface area contributed by atoms with Crippen LogP contribution in [0.15, 0.2) is 70.7 Å². The first kappa shape index (κ1) is 26.3. The SMILES string of the molecule is COc1ccc(CNC(=O)/C(C#N)=C/c2cc(Br)ccc2OCc2ccc(C(=O)O)cc2)c(OC)c1. The van der Waals surface area contributed by atoms with Crippen molar-refractivity contribution in [3.8, 4) is 23.3 Å². The lowest BCUT2D eigenvalue weighted by Crippen LogP contribution is -2.24. The molecule has 3 aromatic rings. The molecule has 0 saturated carbocycles. The lowest BCUT2D eigenvalue weighted by atomic mass is 10.1. The Morgan fingerprint density at radius 3 is 2.42 bits per heavy atom. The second kappa shape index (κ2) is 12.4. The number of nitrogens with zero attached hydrogens (tertiary/aromatic N) is 1. The first-order valence-electron chi connectivity index (χ1n) is 10.7. The van der Waals surface area contributed by atoms with Crippen molar-refractivity contribution in [1.82, 2.24) is 5.32 Å². The third kappa shape index (κ3) is 6.87. The highest BCUT2D eigenvalue weighted by atomic mass is 79.9. The second-order valence-electron chi connectivity index (χ2n) is 7.50. The molecule has 0 heterocycles. The summed E-state index contributed by atoms with van der Waals surface area (Å²) in [4.78, 5) is 23.8. The van der Waals surface area contributed by atoms with Crippen molar-refractivity contribution in [2.24, 2.45) is 0 Å². The van der Waals surface area contributed by atoms with Gasteiger partial charge in [-0.3, -0.25) is 4.79 Å². The van der Waals surface area contributed by atoms with Crippen LogP contribution < -0.4 is 19.5 Å². The predicted molar refractivity (Wildman–Crippen MR) is 137 cm³/mol. The van der Waals surface area contributed by atoms with E-state index in [1.165, 1.54) is 25.3 Å². The minimum absolute atomic E-state index is 0.101. The molecular formula is C27H23BrN2O6. The second-order valence-corrected chi connectivity index (χ2v) is 8.42. The number of carbonyl (C=O) groups excluding carboxylic acids is 1. The number of aromatic carboxylic acids is 1. The number of rotatable bonds is 10. The molecule has 0 fully saturated rings. The zero-order valence-electron chi connectivity index (χ0n) is 19.6. The number of benzene rings is 3. The maximum Gasteiger partial charge on any atom is 0.335 e. The number of amides is 1. The van der Waals surface area contributed by atoms with E-state index in [2.05, 4.69) is 21.2 Å². The summed E-state index contributed by atoms with van der Waals surface area (Å²) >= 11 is 3.40. The van der Waals surface area contributed by atoms with Gasteiger partial charge in [-0.2, -0.15) is 5.26 Å². The molecule has 0 spiro atoms. The number of nitriles is 1. The van der Waals surface area contributed by atoms with E-state index in [1.807, 2.05) is 6.07 Å². The minimum Gasteiger partial charge on any atom is -0.497 e. The van der Waals surface area contributed by atoms with Crippen molar-refractivity contribution in [3.05, 3.63) is 93.0 Å². The van der Waals surface area contributed by atoms with Gasteiger partial charge >= 0.3 is 5.97 Å². The van der Waals surface area contributed by atoms with Crippen LogP contribution in [0, 0.1) is 11.3 Å². The molecule has 184 valence electrons. The number of carboxylic acids is 1. The zero-order chi connectivity index (χ0) is 26.1. The van der Waals surface area contributed by atoms with Crippen LogP contribution in [0.3, 0.4) is 0 Å². The van der Waals surface area contributed by atoms with Crippen molar-refractivity contribution < 1.29 is 28.9 Å². The molecule has 0 aliphatic rings. The molecule has 0 bridgehead atoms. The predicted octanol–water partition coefficient (Wildman–Crippen LogP) is 4.97. The van der Waals surface area contributed by atoms with E-state index < -0.39 is 11.9 Å². The van der Waals surface area contributed by atoms with Crippen molar-refractivity contribution in [1.29, 1.82) is 5.26 Å². The standard InChI is InChI=1S/C27H23BrN2O6/c1-34-23-9-7-19(25(13-23)35-2)15-30-26(31)21(14-29)11-20-12-22(28)8-10-24(20)36-16-17-3-5-18(6-4-17)27(32)33/h3-13H,15-16H2,1-2H3,(H,30,31)(H,32,33)/b21-11+. The Bertz CT molecular complexity index is 1330. The minimum atomic E-state index is -1.00. The highest BCUT2D eigenvalue weighted by Gasteiger charge is 2.13. The van der Waals surface area contributed by atoms with Crippen LogP contribution >= 0.6 is 15.9 Å². The summed E-state index contributed by atoms with van der Waals surface area (Å²) in [5, 5.41) is 21.4. The van der Waals surface area contributed by atoms with Crippen LogP contribution in [-0.4, -0.2) is 31.2 Å². The number of carbonyl (C=O) groups is 2. The first-order chi connectivity index (χ1) is 17.3. The van der Waals surface area contributed by atoms with E-state index in [0.29, 0.717) is 22.8 Å². The highest BCUT2D eigenvalue weighted by molar-refractivity contribution is 9.10. The summed E-state index contributed by atoms with van der Waals surface area (Å²) in [5.41, 5.74) is 2.10. The Morgan fingerprint density at radius 1 is 1.03 bits per heavy atom. The fourth-order valence-corrected chi connectivity index (χ4v) is 3.62. The molecule has 0 aliphatic heterocycles. The van der Waals surface area contributed by atoms with E-state index in [9.17, 15) is 14.9 Å². The molecule has 2 N–H and O–H groups in total. The fourth-order valence-electron chi connectivity index (χ4n) is 3.24. The van der Waals surface area contributed by atoms with Gasteiger partial charge in [-0.15, -0.1) is 0 Å². The van der Waals surface area contributed by atoms with Gasteiger partial charge in [0.25, 0.3) is 5.91 Å². The van der Waals surface area contributed by atoms with E-state index in [1.54, 1.807) is 55.6 Å².